The zero-order chi connectivity index (χ0) is 24.5. The fourth-order valence-electron chi connectivity index (χ4n) is 4.35. The first-order valence-electron chi connectivity index (χ1n) is 11.8. The van der Waals surface area contributed by atoms with Crippen LogP contribution in [-0.4, -0.2) is 65.0 Å². The summed E-state index contributed by atoms with van der Waals surface area (Å²) < 4.78 is 23.2. The number of amidine groups is 1. The molecule has 0 spiro atoms. The molecule has 1 aromatic carbocycles. The van der Waals surface area contributed by atoms with Gasteiger partial charge in [-0.05, 0) is 50.7 Å². The van der Waals surface area contributed by atoms with E-state index < -0.39 is 5.82 Å². The highest BCUT2D eigenvalue weighted by molar-refractivity contribution is 6.05. The van der Waals surface area contributed by atoms with Gasteiger partial charge in [0.15, 0.2) is 11.6 Å². The maximum absolute atomic E-state index is 15.3. The SMILES string of the molecule is C/C=C\C1=CC(Nc2cc(N3CCN(C)CC3)nc(Oc3ccc4c(cc(C)n4C)c3F)n2)=NC1. The molecular weight excluding hydrogens is 445 g/mol. The molecule has 2 aliphatic heterocycles. The van der Waals surface area contributed by atoms with Gasteiger partial charge in [0, 0.05) is 50.4 Å². The number of aryl methyl sites for hydroxylation is 2. The summed E-state index contributed by atoms with van der Waals surface area (Å²) in [7, 11) is 4.02. The Kier molecular flexibility index (Phi) is 6.25. The molecule has 1 N–H and O–H groups in total. The minimum absolute atomic E-state index is 0.0890. The van der Waals surface area contributed by atoms with Crippen LogP contribution in [0, 0.1) is 12.7 Å². The summed E-state index contributed by atoms with van der Waals surface area (Å²) in [6, 6.07) is 7.28. The molecule has 1 saturated heterocycles. The predicted molar refractivity (Wildman–Crippen MR) is 138 cm³/mol. The number of likely N-dealkylation sites (N-methyl/N-ethyl adjacent to an activating group) is 1. The zero-order valence-corrected chi connectivity index (χ0v) is 20.5. The number of anilines is 2. The van der Waals surface area contributed by atoms with Gasteiger partial charge < -0.3 is 24.4 Å². The van der Waals surface area contributed by atoms with Gasteiger partial charge in [-0.3, -0.25) is 4.99 Å². The third-order valence-electron chi connectivity index (χ3n) is 6.48. The molecule has 0 bridgehead atoms. The molecule has 9 heteroatoms. The van der Waals surface area contributed by atoms with Crippen LogP contribution in [0.15, 0.2) is 53.1 Å². The lowest BCUT2D eigenvalue weighted by Gasteiger charge is -2.33. The first-order valence-corrected chi connectivity index (χ1v) is 11.8. The lowest BCUT2D eigenvalue weighted by atomic mass is 10.2. The maximum Gasteiger partial charge on any atom is 0.326 e. The normalized spacial score (nSPS) is 16.8. The van der Waals surface area contributed by atoms with Gasteiger partial charge in [-0.15, -0.1) is 0 Å². The third-order valence-corrected chi connectivity index (χ3v) is 6.48. The van der Waals surface area contributed by atoms with Crippen LogP contribution in [0.4, 0.5) is 16.0 Å². The van der Waals surface area contributed by atoms with Crippen LogP contribution in [0.25, 0.3) is 10.9 Å². The summed E-state index contributed by atoms with van der Waals surface area (Å²) in [5.41, 5.74) is 2.90. The average Bonchev–Trinajstić information content (AvgIpc) is 3.40. The Morgan fingerprint density at radius 3 is 2.66 bits per heavy atom. The van der Waals surface area contributed by atoms with E-state index >= 15 is 4.39 Å². The van der Waals surface area contributed by atoms with Crippen molar-refractivity contribution in [1.82, 2.24) is 19.4 Å². The van der Waals surface area contributed by atoms with E-state index in [1.54, 1.807) is 6.07 Å². The summed E-state index contributed by atoms with van der Waals surface area (Å²) in [6.07, 6.45) is 6.02. The van der Waals surface area contributed by atoms with Crippen molar-refractivity contribution in [2.45, 2.75) is 13.8 Å². The minimum atomic E-state index is -0.423. The smallest absolute Gasteiger partial charge is 0.326 e. The van der Waals surface area contributed by atoms with E-state index in [0.29, 0.717) is 17.7 Å². The van der Waals surface area contributed by atoms with Crippen LogP contribution >= 0.6 is 0 Å². The largest absolute Gasteiger partial charge is 0.421 e. The van der Waals surface area contributed by atoms with Gasteiger partial charge in [0.05, 0.1) is 12.1 Å². The fourth-order valence-corrected chi connectivity index (χ4v) is 4.35. The number of fused-ring (bicyclic) bond motifs is 1. The van der Waals surface area contributed by atoms with E-state index in [1.165, 1.54) is 0 Å². The summed E-state index contributed by atoms with van der Waals surface area (Å²) in [5.74, 6) is 1.68. The van der Waals surface area contributed by atoms with Crippen LogP contribution in [0.3, 0.4) is 0 Å². The molecular formula is C26H30FN7O. The fraction of sp³-hybridized carbons (Fsp3) is 0.346. The standard InChI is InChI=1S/C26H30FN7O/c1-5-6-18-14-22(28-16-18)29-23-15-24(34-11-9-32(3)10-12-34)31-26(30-23)35-21-8-7-20-19(25(21)27)13-17(2)33(20)4/h5-8,13-15H,9-12,16H2,1-4H3,(H,28,29,30,31)/b6-5-. The molecule has 1 fully saturated rings. The summed E-state index contributed by atoms with van der Waals surface area (Å²) in [4.78, 5) is 18.2. The first-order chi connectivity index (χ1) is 16.9. The van der Waals surface area contributed by atoms with Gasteiger partial charge >= 0.3 is 6.01 Å². The number of rotatable bonds is 5. The second-order valence-electron chi connectivity index (χ2n) is 8.99. The number of aromatic nitrogens is 3. The van der Waals surface area contributed by atoms with Crippen LogP contribution in [0.5, 0.6) is 11.8 Å². The van der Waals surface area contributed by atoms with Gasteiger partial charge in [-0.1, -0.05) is 12.2 Å². The first kappa shape index (κ1) is 23.0. The number of piperazine rings is 1. The quantitative estimate of drug-likeness (QED) is 0.594. The average molecular weight is 476 g/mol. The number of allylic oxidation sites excluding steroid dienone is 1. The molecule has 2 aromatic heterocycles. The molecule has 182 valence electrons. The van der Waals surface area contributed by atoms with Crippen molar-refractivity contribution in [2.24, 2.45) is 12.0 Å². The number of ether oxygens (including phenoxy) is 1. The van der Waals surface area contributed by atoms with Gasteiger partial charge in [-0.25, -0.2) is 4.39 Å². The number of benzene rings is 1. The highest BCUT2D eigenvalue weighted by Crippen LogP contribution is 2.32. The maximum atomic E-state index is 15.3. The van der Waals surface area contributed by atoms with Crippen LogP contribution in [-0.2, 0) is 7.05 Å². The number of nitrogens with one attached hydrogen (secondary N) is 1. The number of nitrogens with zero attached hydrogens (tertiary/aromatic N) is 6. The summed E-state index contributed by atoms with van der Waals surface area (Å²) in [6.45, 7) is 8.09. The molecule has 5 rings (SSSR count). The topological polar surface area (TPSA) is 70.8 Å². The van der Waals surface area contributed by atoms with E-state index in [1.807, 2.05) is 61.9 Å². The van der Waals surface area contributed by atoms with Gasteiger partial charge in [0.2, 0.25) is 0 Å². The molecule has 2 aliphatic rings. The van der Waals surface area contributed by atoms with Gasteiger partial charge in [-0.2, -0.15) is 9.97 Å². The van der Waals surface area contributed by atoms with E-state index in [9.17, 15) is 0 Å². The van der Waals surface area contributed by atoms with Gasteiger partial charge in [0.25, 0.3) is 0 Å². The summed E-state index contributed by atoms with van der Waals surface area (Å²) in [5, 5.41) is 3.79. The Bertz CT molecular complexity index is 1350. The molecule has 0 unspecified atom stereocenters. The van der Waals surface area contributed by atoms with E-state index in [4.69, 9.17) is 4.74 Å². The highest BCUT2D eigenvalue weighted by atomic mass is 19.1. The molecule has 0 atom stereocenters. The van der Waals surface area contributed by atoms with Gasteiger partial charge in [0.1, 0.15) is 17.5 Å². The van der Waals surface area contributed by atoms with Crippen LogP contribution < -0.4 is 15.0 Å². The lowest BCUT2D eigenvalue weighted by molar-refractivity contribution is 0.311. The lowest BCUT2D eigenvalue weighted by Crippen LogP contribution is -2.44. The van der Waals surface area contributed by atoms with Crippen molar-refractivity contribution in [3.05, 3.63) is 59.6 Å². The van der Waals surface area contributed by atoms with Crippen molar-refractivity contribution in [1.29, 1.82) is 0 Å². The van der Waals surface area contributed by atoms with Crippen molar-refractivity contribution in [2.75, 3.05) is 50.0 Å². The summed E-state index contributed by atoms with van der Waals surface area (Å²) >= 11 is 0. The third kappa shape index (κ3) is 4.77. The monoisotopic (exact) mass is 475 g/mol. The predicted octanol–water partition coefficient (Wildman–Crippen LogP) is 4.29. The Morgan fingerprint density at radius 2 is 1.89 bits per heavy atom. The molecule has 0 radical (unpaired) electrons. The Morgan fingerprint density at radius 1 is 1.09 bits per heavy atom. The highest BCUT2D eigenvalue weighted by Gasteiger charge is 2.20. The van der Waals surface area contributed by atoms with Crippen molar-refractivity contribution in [3.8, 4) is 11.8 Å². The van der Waals surface area contributed by atoms with Crippen molar-refractivity contribution in [3.63, 3.8) is 0 Å². The minimum Gasteiger partial charge on any atom is -0.421 e. The molecule has 35 heavy (non-hydrogen) atoms. The molecule has 4 heterocycles. The van der Waals surface area contributed by atoms with E-state index in [-0.39, 0.29) is 11.8 Å². The van der Waals surface area contributed by atoms with Crippen molar-refractivity contribution < 1.29 is 9.13 Å². The molecule has 0 aliphatic carbocycles. The number of halogens is 1. The van der Waals surface area contributed by atoms with Crippen LogP contribution in [0.1, 0.15) is 12.6 Å². The second-order valence-corrected chi connectivity index (χ2v) is 8.99. The Balaban J connectivity index is 1.47. The molecule has 8 nitrogen and oxygen atoms in total. The molecule has 0 saturated carbocycles. The Labute approximate surface area is 204 Å². The molecule has 3 aromatic rings. The van der Waals surface area contributed by atoms with Crippen LogP contribution in [0.2, 0.25) is 0 Å². The van der Waals surface area contributed by atoms with E-state index in [2.05, 4.69) is 37.1 Å². The Hall–Kier alpha value is -3.72. The van der Waals surface area contributed by atoms with Crippen molar-refractivity contribution >= 4 is 28.4 Å². The number of hydrogen-bond acceptors (Lipinski definition) is 7. The van der Waals surface area contributed by atoms with E-state index in [0.717, 1.165) is 54.6 Å². The zero-order valence-electron chi connectivity index (χ0n) is 20.5. The number of hydrogen-bond donors (Lipinski definition) is 1. The molecule has 0 amide bonds. The second kappa shape index (κ2) is 9.50. The number of aliphatic imine (C=N–C) groups is 1.